The third kappa shape index (κ3) is 5.60. The zero-order chi connectivity index (χ0) is 39.7. The van der Waals surface area contributed by atoms with E-state index in [0.29, 0.717) is 63.5 Å². The molecule has 0 radical (unpaired) electrons. The summed E-state index contributed by atoms with van der Waals surface area (Å²) >= 11 is 2.66. The molecule has 0 atom stereocenters. The Kier molecular flexibility index (Phi) is 8.32. The highest BCUT2D eigenvalue weighted by molar-refractivity contribution is 7.36. The molecular weight excluding hydrogens is 773 g/mol. The number of fused-ring (bicyclic) bond motifs is 7. The fourth-order valence-corrected chi connectivity index (χ4v) is 10.3. The summed E-state index contributed by atoms with van der Waals surface area (Å²) in [5, 5.41) is 0. The van der Waals surface area contributed by atoms with Gasteiger partial charge in [0.1, 0.15) is 13.2 Å². The van der Waals surface area contributed by atoms with Gasteiger partial charge in [0.15, 0.2) is 0 Å². The lowest BCUT2D eigenvalue weighted by Crippen LogP contribution is -2.15. The van der Waals surface area contributed by atoms with E-state index in [1.807, 2.05) is 60.7 Å². The summed E-state index contributed by atoms with van der Waals surface area (Å²) in [6.07, 6.45) is 1.69. The molecule has 0 N–H and O–H groups in total. The largest absolute Gasteiger partial charge is 0.444 e. The van der Waals surface area contributed by atoms with Crippen molar-refractivity contribution in [2.45, 2.75) is 13.2 Å². The number of Topliss-reactive ketones (excluding diaryl/α,β-unsaturated/α-hetero) is 4. The number of rotatable bonds is 6. The maximum absolute atomic E-state index is 14.2. The minimum atomic E-state index is -0.702. The quantitative estimate of drug-likeness (QED) is 0.120. The first-order valence-corrected chi connectivity index (χ1v) is 19.7. The van der Waals surface area contributed by atoms with Crippen LogP contribution in [0.2, 0.25) is 0 Å². The van der Waals surface area contributed by atoms with Crippen molar-refractivity contribution in [1.82, 2.24) is 9.13 Å². The molecule has 4 aromatic heterocycles. The van der Waals surface area contributed by atoms with Gasteiger partial charge in [-0.15, -0.1) is 22.7 Å². The highest BCUT2D eigenvalue weighted by Crippen LogP contribution is 2.48. The Balaban J connectivity index is 1.16. The molecule has 0 aliphatic heterocycles. The van der Waals surface area contributed by atoms with Crippen LogP contribution < -0.4 is 0 Å². The summed E-state index contributed by atoms with van der Waals surface area (Å²) in [6, 6.07) is 35.5. The molecule has 58 heavy (non-hydrogen) atoms. The summed E-state index contributed by atoms with van der Waals surface area (Å²) in [5.41, 5.74) is 5.13. The van der Waals surface area contributed by atoms with Crippen molar-refractivity contribution >= 4 is 111 Å². The molecular formula is C46H26N2O8S2. The van der Waals surface area contributed by atoms with E-state index in [1.54, 1.807) is 72.8 Å². The lowest BCUT2D eigenvalue weighted by atomic mass is 10.1. The van der Waals surface area contributed by atoms with Crippen LogP contribution in [0.3, 0.4) is 0 Å². The number of allylic oxidation sites excluding steroid dienone is 2. The summed E-state index contributed by atoms with van der Waals surface area (Å²) < 4.78 is 17.2. The van der Waals surface area contributed by atoms with E-state index in [2.05, 4.69) is 0 Å². The van der Waals surface area contributed by atoms with Gasteiger partial charge in [0.05, 0.1) is 41.2 Å². The average Bonchev–Trinajstić information content (AvgIpc) is 4.06. The van der Waals surface area contributed by atoms with Crippen LogP contribution in [0.4, 0.5) is 9.59 Å². The van der Waals surface area contributed by atoms with Gasteiger partial charge in [0.2, 0.25) is 23.1 Å². The smallest absolute Gasteiger partial charge is 0.419 e. The summed E-state index contributed by atoms with van der Waals surface area (Å²) in [6.45, 7) is -0.0358. The molecule has 0 unspecified atom stereocenters. The Morgan fingerprint density at radius 3 is 1.24 bits per heavy atom. The maximum Gasteiger partial charge on any atom is 0.419 e. The van der Waals surface area contributed by atoms with Crippen LogP contribution in [0.1, 0.15) is 54.4 Å². The molecule has 0 amide bonds. The third-order valence-corrected chi connectivity index (χ3v) is 12.6. The zero-order valence-electron chi connectivity index (χ0n) is 30.1. The molecule has 10 nitrogen and oxygen atoms in total. The minimum Gasteiger partial charge on any atom is -0.444 e. The Bertz CT molecular complexity index is 2960. The number of hydrogen-bond donors (Lipinski definition) is 0. The Morgan fingerprint density at radius 1 is 0.483 bits per heavy atom. The number of carbonyl (C=O) groups is 6. The van der Waals surface area contributed by atoms with Crippen LogP contribution in [0.15, 0.2) is 121 Å². The molecule has 0 saturated carbocycles. The molecule has 280 valence electrons. The second-order valence-corrected chi connectivity index (χ2v) is 15.8. The van der Waals surface area contributed by atoms with Crippen molar-refractivity contribution in [1.29, 1.82) is 0 Å². The van der Waals surface area contributed by atoms with E-state index in [9.17, 15) is 28.8 Å². The first kappa shape index (κ1) is 35.2. The van der Waals surface area contributed by atoms with Gasteiger partial charge < -0.3 is 9.47 Å². The summed E-state index contributed by atoms with van der Waals surface area (Å²) in [5.74, 6) is -2.57. The first-order chi connectivity index (χ1) is 28.3. The van der Waals surface area contributed by atoms with Gasteiger partial charge >= 0.3 is 12.2 Å². The van der Waals surface area contributed by atoms with Gasteiger partial charge in [-0.1, -0.05) is 109 Å². The van der Waals surface area contributed by atoms with Gasteiger partial charge in [-0.05, 0) is 46.5 Å². The number of thiophene rings is 2. The van der Waals surface area contributed by atoms with Crippen molar-refractivity contribution < 1.29 is 38.2 Å². The van der Waals surface area contributed by atoms with Gasteiger partial charge in [-0.2, -0.15) is 0 Å². The highest BCUT2D eigenvalue weighted by Gasteiger charge is 2.36. The van der Waals surface area contributed by atoms with Crippen LogP contribution in [0, 0.1) is 0 Å². The monoisotopic (exact) mass is 798 g/mol. The van der Waals surface area contributed by atoms with E-state index < -0.39 is 35.3 Å². The van der Waals surface area contributed by atoms with Crippen molar-refractivity contribution in [3.05, 3.63) is 166 Å². The highest BCUT2D eigenvalue weighted by atomic mass is 32.1. The molecule has 10 rings (SSSR count). The molecule has 2 aliphatic rings. The van der Waals surface area contributed by atoms with E-state index >= 15 is 0 Å². The molecule has 4 aromatic carbocycles. The van der Waals surface area contributed by atoms with Gasteiger partial charge in [-0.25, -0.2) is 18.7 Å². The second-order valence-electron chi connectivity index (χ2n) is 13.7. The van der Waals surface area contributed by atoms with Gasteiger partial charge in [0.25, 0.3) is 0 Å². The number of nitrogens with zero attached hydrogens (tertiary/aromatic N) is 2. The molecule has 0 saturated heterocycles. The number of hydrogen-bond acceptors (Lipinski definition) is 10. The summed E-state index contributed by atoms with van der Waals surface area (Å²) in [4.78, 5) is 80.8. The van der Waals surface area contributed by atoms with Gasteiger partial charge in [-0.3, -0.25) is 19.2 Å². The topological polar surface area (TPSA) is 131 Å². The zero-order valence-corrected chi connectivity index (χ0v) is 31.7. The first-order valence-electron chi connectivity index (χ1n) is 18.1. The number of ketones is 4. The number of benzene rings is 4. The standard InChI is InChI=1S/C46H26N2O8S2/c49-39-31-17-9-7-15-29(31)33(41(39)51)19-27-21-35-37(47(27)45(53)55-23-25-11-3-1-4-12-25)43-44(57-35)38-36(58-43)22-28(48(38)46(54)56-24-26-13-5-2-6-14-26)20-34-30-16-8-10-18-32(30)40(50)42(34)52/h1-22H,23-24H2/b33-19-,34-20-. The Labute approximate surface area is 336 Å². The van der Waals surface area contributed by atoms with E-state index in [-0.39, 0.29) is 24.4 Å². The molecule has 8 aromatic rings. The van der Waals surface area contributed by atoms with Crippen LogP contribution in [0.5, 0.6) is 0 Å². The van der Waals surface area contributed by atoms with Crippen molar-refractivity contribution in [3.8, 4) is 0 Å². The number of aromatic nitrogens is 2. The average molecular weight is 799 g/mol. The number of ether oxygens (including phenoxy) is 2. The normalized spacial score (nSPS) is 15.0. The molecule has 4 heterocycles. The predicted molar refractivity (Wildman–Crippen MR) is 222 cm³/mol. The molecule has 2 aliphatic carbocycles. The lowest BCUT2D eigenvalue weighted by Gasteiger charge is -2.10. The molecule has 12 heteroatoms. The van der Waals surface area contributed by atoms with Crippen molar-refractivity contribution in [3.63, 3.8) is 0 Å². The molecule has 0 spiro atoms. The van der Waals surface area contributed by atoms with Crippen LogP contribution in [-0.4, -0.2) is 44.5 Å². The van der Waals surface area contributed by atoms with Crippen molar-refractivity contribution in [2.75, 3.05) is 0 Å². The fraction of sp³-hybridized carbons (Fsp3) is 0.0435. The summed E-state index contributed by atoms with van der Waals surface area (Å²) in [7, 11) is 0. The van der Waals surface area contributed by atoms with Crippen LogP contribution in [-0.2, 0) is 32.3 Å². The third-order valence-electron chi connectivity index (χ3n) is 10.2. The lowest BCUT2D eigenvalue weighted by molar-refractivity contribution is -0.110. The van der Waals surface area contributed by atoms with Crippen LogP contribution in [0.25, 0.3) is 53.1 Å². The van der Waals surface area contributed by atoms with E-state index in [4.69, 9.17) is 9.47 Å². The van der Waals surface area contributed by atoms with Crippen molar-refractivity contribution in [2.24, 2.45) is 0 Å². The second kappa shape index (κ2) is 13.7. The Hall–Kier alpha value is -7.28. The number of carbonyl (C=O) groups excluding carboxylic acids is 6. The fourth-order valence-electron chi connectivity index (χ4n) is 7.54. The molecule has 0 fully saturated rings. The minimum absolute atomic E-state index is 0.0179. The predicted octanol–water partition coefficient (Wildman–Crippen LogP) is 9.85. The molecule has 0 bridgehead atoms. The van der Waals surface area contributed by atoms with E-state index in [0.717, 1.165) is 11.1 Å². The van der Waals surface area contributed by atoms with E-state index in [1.165, 1.54) is 31.8 Å². The SMILES string of the molecule is O=C1C(=O)c2ccccc2/C1=C/c1cc2sc3c(sc4cc(/C=C5\C(=O)C(=O)c6ccccc65)n(C(=O)OCc5ccccc5)c43)c2n1C(=O)OCc1ccccc1. The maximum atomic E-state index is 14.2. The van der Waals surface area contributed by atoms with Crippen LogP contribution >= 0.6 is 22.7 Å². The Morgan fingerprint density at radius 2 is 0.845 bits per heavy atom. The van der Waals surface area contributed by atoms with Gasteiger partial charge in [0, 0.05) is 22.3 Å².